The average Bonchev–Trinajstić information content (AvgIpc) is 2.63. The maximum atomic E-state index is 3.51. The van der Waals surface area contributed by atoms with E-state index in [1.165, 1.54) is 51.5 Å². The first-order valence-electron chi connectivity index (χ1n) is 6.59. The Morgan fingerprint density at radius 2 is 1.86 bits per heavy atom. The van der Waals surface area contributed by atoms with Gasteiger partial charge < -0.3 is 5.32 Å². The predicted octanol–water partition coefficient (Wildman–Crippen LogP) is 3.59. The van der Waals surface area contributed by atoms with Gasteiger partial charge in [0, 0.05) is 0 Å². The van der Waals surface area contributed by atoms with Crippen LogP contribution in [0.5, 0.6) is 0 Å². The molecule has 1 rings (SSSR count). The van der Waals surface area contributed by atoms with Crippen molar-refractivity contribution in [2.75, 3.05) is 13.1 Å². The lowest BCUT2D eigenvalue weighted by Crippen LogP contribution is -2.25. The second-order valence-electron chi connectivity index (χ2n) is 4.75. The molecule has 0 radical (unpaired) electrons. The standard InChI is InChI=1S/C13H27N/c1-3-5-6-8-12-9-7-10-13(12)11-14-4-2/h12-14H,3-11H2,1-2H3. The Bertz CT molecular complexity index is 133. The number of hydrogen-bond acceptors (Lipinski definition) is 1. The van der Waals surface area contributed by atoms with Crippen molar-refractivity contribution in [3.8, 4) is 0 Å². The van der Waals surface area contributed by atoms with E-state index in [4.69, 9.17) is 0 Å². The van der Waals surface area contributed by atoms with Gasteiger partial charge >= 0.3 is 0 Å². The molecular weight excluding hydrogens is 170 g/mol. The molecule has 2 atom stereocenters. The first-order chi connectivity index (χ1) is 6.88. The van der Waals surface area contributed by atoms with Gasteiger partial charge in [-0.1, -0.05) is 52.4 Å². The summed E-state index contributed by atoms with van der Waals surface area (Å²) in [6, 6.07) is 0. The Kier molecular flexibility index (Phi) is 6.25. The number of hydrogen-bond donors (Lipinski definition) is 1. The molecule has 1 nitrogen and oxygen atoms in total. The van der Waals surface area contributed by atoms with Crippen molar-refractivity contribution in [2.24, 2.45) is 11.8 Å². The molecule has 0 amide bonds. The van der Waals surface area contributed by atoms with Gasteiger partial charge in [0.15, 0.2) is 0 Å². The van der Waals surface area contributed by atoms with Crippen LogP contribution < -0.4 is 5.32 Å². The Morgan fingerprint density at radius 1 is 1.07 bits per heavy atom. The molecule has 0 heterocycles. The molecule has 0 bridgehead atoms. The van der Waals surface area contributed by atoms with Crippen LogP contribution in [-0.4, -0.2) is 13.1 Å². The van der Waals surface area contributed by atoms with Crippen LogP contribution in [-0.2, 0) is 0 Å². The Labute approximate surface area is 89.7 Å². The van der Waals surface area contributed by atoms with Gasteiger partial charge in [0.1, 0.15) is 0 Å². The molecule has 0 saturated heterocycles. The van der Waals surface area contributed by atoms with E-state index in [0.29, 0.717) is 0 Å². The van der Waals surface area contributed by atoms with Crippen molar-refractivity contribution in [1.82, 2.24) is 5.32 Å². The second kappa shape index (κ2) is 7.28. The number of rotatable bonds is 7. The third kappa shape index (κ3) is 4.00. The van der Waals surface area contributed by atoms with Crippen molar-refractivity contribution in [2.45, 2.75) is 58.8 Å². The maximum absolute atomic E-state index is 3.51. The third-order valence-electron chi connectivity index (χ3n) is 3.65. The lowest BCUT2D eigenvalue weighted by molar-refractivity contribution is 0.339. The first-order valence-corrected chi connectivity index (χ1v) is 6.59. The highest BCUT2D eigenvalue weighted by atomic mass is 14.8. The summed E-state index contributed by atoms with van der Waals surface area (Å²) >= 11 is 0. The SMILES string of the molecule is CCCCCC1CCCC1CNCC. The quantitative estimate of drug-likeness (QED) is 0.615. The molecule has 0 spiro atoms. The summed E-state index contributed by atoms with van der Waals surface area (Å²) in [5, 5.41) is 3.51. The Balaban J connectivity index is 2.14. The zero-order valence-corrected chi connectivity index (χ0v) is 10.0. The van der Waals surface area contributed by atoms with E-state index >= 15 is 0 Å². The van der Waals surface area contributed by atoms with Gasteiger partial charge in [0.25, 0.3) is 0 Å². The molecule has 1 N–H and O–H groups in total. The molecule has 2 unspecified atom stereocenters. The summed E-state index contributed by atoms with van der Waals surface area (Å²) in [5.74, 6) is 2.03. The van der Waals surface area contributed by atoms with Crippen LogP contribution in [0.15, 0.2) is 0 Å². The molecule has 0 aliphatic heterocycles. The minimum absolute atomic E-state index is 0.992. The minimum atomic E-state index is 0.992. The van der Waals surface area contributed by atoms with Gasteiger partial charge in [-0.2, -0.15) is 0 Å². The van der Waals surface area contributed by atoms with E-state index in [1.54, 1.807) is 0 Å². The molecular formula is C13H27N. The fraction of sp³-hybridized carbons (Fsp3) is 1.00. The van der Waals surface area contributed by atoms with Crippen molar-refractivity contribution >= 4 is 0 Å². The number of unbranched alkanes of at least 4 members (excludes halogenated alkanes) is 2. The van der Waals surface area contributed by atoms with Crippen LogP contribution in [0.25, 0.3) is 0 Å². The van der Waals surface area contributed by atoms with Crippen LogP contribution in [0.1, 0.15) is 58.8 Å². The number of nitrogens with one attached hydrogen (secondary N) is 1. The summed E-state index contributed by atoms with van der Waals surface area (Å²) in [5.41, 5.74) is 0. The first kappa shape index (κ1) is 12.0. The minimum Gasteiger partial charge on any atom is -0.317 e. The highest BCUT2D eigenvalue weighted by molar-refractivity contribution is 4.78. The normalized spacial score (nSPS) is 27.0. The monoisotopic (exact) mass is 197 g/mol. The molecule has 1 saturated carbocycles. The summed E-state index contributed by atoms with van der Waals surface area (Å²) in [7, 11) is 0. The van der Waals surface area contributed by atoms with Gasteiger partial charge in [-0.15, -0.1) is 0 Å². The molecule has 0 aromatic carbocycles. The molecule has 1 fully saturated rings. The van der Waals surface area contributed by atoms with E-state index in [2.05, 4.69) is 19.2 Å². The van der Waals surface area contributed by atoms with Crippen molar-refractivity contribution in [1.29, 1.82) is 0 Å². The summed E-state index contributed by atoms with van der Waals surface area (Å²) < 4.78 is 0. The molecule has 1 aliphatic carbocycles. The molecule has 0 aromatic rings. The van der Waals surface area contributed by atoms with Gasteiger partial charge in [-0.25, -0.2) is 0 Å². The van der Waals surface area contributed by atoms with Crippen LogP contribution in [0, 0.1) is 11.8 Å². The Hall–Kier alpha value is -0.0400. The van der Waals surface area contributed by atoms with Crippen molar-refractivity contribution in [3.63, 3.8) is 0 Å². The molecule has 14 heavy (non-hydrogen) atoms. The van der Waals surface area contributed by atoms with E-state index in [1.807, 2.05) is 0 Å². The van der Waals surface area contributed by atoms with Gasteiger partial charge in [0.2, 0.25) is 0 Å². The molecule has 84 valence electrons. The molecule has 1 aliphatic rings. The lowest BCUT2D eigenvalue weighted by atomic mass is 9.90. The average molecular weight is 197 g/mol. The second-order valence-corrected chi connectivity index (χ2v) is 4.75. The van der Waals surface area contributed by atoms with E-state index in [0.717, 1.165) is 18.4 Å². The summed E-state index contributed by atoms with van der Waals surface area (Å²) in [4.78, 5) is 0. The lowest BCUT2D eigenvalue weighted by Gasteiger charge is -2.19. The van der Waals surface area contributed by atoms with E-state index in [-0.39, 0.29) is 0 Å². The van der Waals surface area contributed by atoms with Gasteiger partial charge in [-0.05, 0) is 31.3 Å². The van der Waals surface area contributed by atoms with Crippen molar-refractivity contribution in [3.05, 3.63) is 0 Å². The van der Waals surface area contributed by atoms with Crippen LogP contribution >= 0.6 is 0 Å². The third-order valence-corrected chi connectivity index (χ3v) is 3.65. The van der Waals surface area contributed by atoms with Gasteiger partial charge in [0.05, 0.1) is 0 Å². The van der Waals surface area contributed by atoms with Gasteiger partial charge in [-0.3, -0.25) is 0 Å². The van der Waals surface area contributed by atoms with E-state index in [9.17, 15) is 0 Å². The fourth-order valence-corrected chi connectivity index (χ4v) is 2.75. The largest absolute Gasteiger partial charge is 0.317 e. The zero-order chi connectivity index (χ0) is 10.2. The Morgan fingerprint density at radius 3 is 2.57 bits per heavy atom. The van der Waals surface area contributed by atoms with Crippen LogP contribution in [0.4, 0.5) is 0 Å². The molecule has 0 aromatic heterocycles. The fourth-order valence-electron chi connectivity index (χ4n) is 2.75. The smallest absolute Gasteiger partial charge is 0.00180 e. The highest BCUT2D eigenvalue weighted by Crippen LogP contribution is 2.34. The highest BCUT2D eigenvalue weighted by Gasteiger charge is 2.25. The zero-order valence-electron chi connectivity index (χ0n) is 10.0. The van der Waals surface area contributed by atoms with Crippen LogP contribution in [0.2, 0.25) is 0 Å². The summed E-state index contributed by atoms with van der Waals surface area (Å²) in [6.07, 6.45) is 10.2. The predicted molar refractivity (Wildman–Crippen MR) is 63.5 cm³/mol. The van der Waals surface area contributed by atoms with Crippen LogP contribution in [0.3, 0.4) is 0 Å². The maximum Gasteiger partial charge on any atom is -0.00180 e. The van der Waals surface area contributed by atoms with E-state index < -0.39 is 0 Å². The molecule has 1 heteroatoms. The topological polar surface area (TPSA) is 12.0 Å². The van der Waals surface area contributed by atoms with Crippen molar-refractivity contribution < 1.29 is 0 Å². The summed E-state index contributed by atoms with van der Waals surface area (Å²) in [6.45, 7) is 6.91.